The summed E-state index contributed by atoms with van der Waals surface area (Å²) in [5.74, 6) is 0.733. The summed E-state index contributed by atoms with van der Waals surface area (Å²) in [6, 6.07) is 0.433. The summed E-state index contributed by atoms with van der Waals surface area (Å²) in [6.45, 7) is 0.792. The van der Waals surface area contributed by atoms with Crippen molar-refractivity contribution in [3.63, 3.8) is 0 Å². The minimum Gasteiger partial charge on any atom is -0.315 e. The molecule has 0 spiro atoms. The van der Waals surface area contributed by atoms with Gasteiger partial charge in [0.1, 0.15) is 0 Å². The van der Waals surface area contributed by atoms with Gasteiger partial charge in [-0.3, -0.25) is 4.57 Å². The molecule has 16 heavy (non-hydrogen) atoms. The van der Waals surface area contributed by atoms with Crippen molar-refractivity contribution >= 4 is 0 Å². The van der Waals surface area contributed by atoms with Gasteiger partial charge in [-0.15, -0.1) is 0 Å². The van der Waals surface area contributed by atoms with Gasteiger partial charge in [0.05, 0.1) is 0 Å². The molecule has 1 saturated carbocycles. The van der Waals surface area contributed by atoms with Crippen LogP contribution in [0.25, 0.3) is 0 Å². The van der Waals surface area contributed by atoms with Crippen molar-refractivity contribution in [3.05, 3.63) is 22.9 Å². The first-order chi connectivity index (χ1) is 7.72. The van der Waals surface area contributed by atoms with Crippen LogP contribution in [0, 0.1) is 5.92 Å². The highest BCUT2D eigenvalue weighted by molar-refractivity contribution is 4.85. The van der Waals surface area contributed by atoms with E-state index in [0.717, 1.165) is 12.5 Å². The fourth-order valence-corrected chi connectivity index (χ4v) is 2.70. The van der Waals surface area contributed by atoms with E-state index in [4.69, 9.17) is 0 Å². The minimum absolute atomic E-state index is 0.0817. The van der Waals surface area contributed by atoms with Gasteiger partial charge in [0.2, 0.25) is 0 Å². The molecule has 0 aliphatic heterocycles. The van der Waals surface area contributed by atoms with Crippen molar-refractivity contribution in [3.8, 4) is 0 Å². The molecule has 0 saturated heterocycles. The van der Waals surface area contributed by atoms with Gasteiger partial charge in [0.25, 0.3) is 0 Å². The standard InChI is InChI=1S/C12H21N3O/c1-13-11(10-5-3-4-6-10)9-15-8-7-14(2)12(15)16/h7-8,10-11,13H,3-6,9H2,1-2H3. The number of hydrogen-bond donors (Lipinski definition) is 1. The fourth-order valence-electron chi connectivity index (χ4n) is 2.70. The molecule has 1 unspecified atom stereocenters. The van der Waals surface area contributed by atoms with Gasteiger partial charge in [-0.1, -0.05) is 12.8 Å². The number of nitrogens with one attached hydrogen (secondary N) is 1. The number of hydrogen-bond acceptors (Lipinski definition) is 2. The normalized spacial score (nSPS) is 19.1. The summed E-state index contributed by atoms with van der Waals surface area (Å²) in [5, 5.41) is 3.36. The maximum atomic E-state index is 11.7. The predicted octanol–water partition coefficient (Wildman–Crippen LogP) is 0.965. The lowest BCUT2D eigenvalue weighted by molar-refractivity contribution is 0.336. The van der Waals surface area contributed by atoms with Crippen molar-refractivity contribution in [2.75, 3.05) is 7.05 Å². The van der Waals surface area contributed by atoms with Gasteiger partial charge in [-0.2, -0.15) is 0 Å². The third-order valence-corrected chi connectivity index (χ3v) is 3.75. The number of rotatable bonds is 4. The first-order valence-corrected chi connectivity index (χ1v) is 6.11. The second-order valence-corrected chi connectivity index (χ2v) is 4.78. The Bertz CT molecular complexity index is 387. The molecule has 1 aromatic heterocycles. The Hall–Kier alpha value is -1.03. The molecule has 90 valence electrons. The highest BCUT2D eigenvalue weighted by atomic mass is 16.1. The topological polar surface area (TPSA) is 39.0 Å². The number of aryl methyl sites for hydroxylation is 1. The largest absolute Gasteiger partial charge is 0.327 e. The summed E-state index contributed by atoms with van der Waals surface area (Å²) in [5.41, 5.74) is 0.0817. The first kappa shape index (κ1) is 11.5. The van der Waals surface area contributed by atoms with Crippen LogP contribution in [0.5, 0.6) is 0 Å². The molecule has 1 atom stereocenters. The van der Waals surface area contributed by atoms with Gasteiger partial charge >= 0.3 is 5.69 Å². The number of likely N-dealkylation sites (N-methyl/N-ethyl adjacent to an activating group) is 1. The van der Waals surface area contributed by atoms with Crippen LogP contribution in [0.4, 0.5) is 0 Å². The lowest BCUT2D eigenvalue weighted by Crippen LogP contribution is -2.39. The molecule has 0 amide bonds. The molecule has 1 N–H and O–H groups in total. The summed E-state index contributed by atoms with van der Waals surface area (Å²) < 4.78 is 3.43. The van der Waals surface area contributed by atoms with Crippen molar-refractivity contribution in [1.82, 2.24) is 14.5 Å². The maximum absolute atomic E-state index is 11.7. The molecule has 4 heteroatoms. The van der Waals surface area contributed by atoms with E-state index < -0.39 is 0 Å². The lowest BCUT2D eigenvalue weighted by atomic mass is 9.98. The summed E-state index contributed by atoms with van der Waals surface area (Å²) in [4.78, 5) is 11.7. The molecule has 0 aromatic carbocycles. The number of nitrogens with zero attached hydrogens (tertiary/aromatic N) is 2. The molecule has 1 aromatic rings. The maximum Gasteiger partial charge on any atom is 0.327 e. The van der Waals surface area contributed by atoms with Crippen LogP contribution in [0.3, 0.4) is 0 Å². The monoisotopic (exact) mass is 223 g/mol. The fraction of sp³-hybridized carbons (Fsp3) is 0.750. The minimum atomic E-state index is 0.0817. The van der Waals surface area contributed by atoms with Crippen LogP contribution < -0.4 is 11.0 Å². The van der Waals surface area contributed by atoms with Crippen molar-refractivity contribution in [1.29, 1.82) is 0 Å². The molecular formula is C12H21N3O. The van der Waals surface area contributed by atoms with Crippen molar-refractivity contribution in [2.45, 2.75) is 38.3 Å². The Morgan fingerprint density at radius 1 is 1.44 bits per heavy atom. The van der Waals surface area contributed by atoms with Gasteiger partial charge < -0.3 is 9.88 Å². The average Bonchev–Trinajstić information content (AvgIpc) is 2.90. The highest BCUT2D eigenvalue weighted by Crippen LogP contribution is 2.28. The predicted molar refractivity (Wildman–Crippen MR) is 64.5 cm³/mol. The molecule has 0 radical (unpaired) electrons. The van der Waals surface area contributed by atoms with Crippen LogP contribution in [0.2, 0.25) is 0 Å². The van der Waals surface area contributed by atoms with E-state index in [0.29, 0.717) is 6.04 Å². The van der Waals surface area contributed by atoms with Crippen LogP contribution in [0.1, 0.15) is 25.7 Å². The van der Waals surface area contributed by atoms with Crippen molar-refractivity contribution < 1.29 is 0 Å². The second-order valence-electron chi connectivity index (χ2n) is 4.78. The third kappa shape index (κ3) is 2.21. The van der Waals surface area contributed by atoms with Crippen molar-refractivity contribution in [2.24, 2.45) is 13.0 Å². The average molecular weight is 223 g/mol. The molecule has 1 aliphatic carbocycles. The van der Waals surface area contributed by atoms with Gasteiger partial charge in [0.15, 0.2) is 0 Å². The smallest absolute Gasteiger partial charge is 0.315 e. The van der Waals surface area contributed by atoms with E-state index in [1.54, 1.807) is 16.2 Å². The molecule has 0 bridgehead atoms. The van der Waals surface area contributed by atoms with E-state index in [1.807, 2.05) is 19.4 Å². The van der Waals surface area contributed by atoms with Crippen LogP contribution >= 0.6 is 0 Å². The molecule has 1 aliphatic rings. The zero-order chi connectivity index (χ0) is 11.5. The Labute approximate surface area is 96.3 Å². The quantitative estimate of drug-likeness (QED) is 0.826. The third-order valence-electron chi connectivity index (χ3n) is 3.75. The molecule has 1 fully saturated rings. The number of aromatic nitrogens is 2. The second kappa shape index (κ2) is 4.87. The van der Waals surface area contributed by atoms with Gasteiger partial charge in [0, 0.05) is 32.0 Å². The summed E-state index contributed by atoms with van der Waals surface area (Å²) in [6.07, 6.45) is 8.98. The molecule has 2 rings (SSSR count). The van der Waals surface area contributed by atoms with E-state index in [2.05, 4.69) is 5.32 Å². The zero-order valence-electron chi connectivity index (χ0n) is 10.1. The molecular weight excluding hydrogens is 202 g/mol. The Morgan fingerprint density at radius 2 is 2.12 bits per heavy atom. The summed E-state index contributed by atoms with van der Waals surface area (Å²) in [7, 11) is 3.79. The van der Waals surface area contributed by atoms with Gasteiger partial charge in [-0.25, -0.2) is 4.79 Å². The van der Waals surface area contributed by atoms with E-state index in [1.165, 1.54) is 25.7 Å². The lowest BCUT2D eigenvalue weighted by Gasteiger charge is -2.22. The molecule has 1 heterocycles. The SMILES string of the molecule is CNC(Cn1ccn(C)c1=O)C1CCCC1. The van der Waals surface area contributed by atoms with Crippen LogP contribution in [0.15, 0.2) is 17.2 Å². The Balaban J connectivity index is 2.06. The van der Waals surface area contributed by atoms with E-state index in [-0.39, 0.29) is 5.69 Å². The summed E-state index contributed by atoms with van der Waals surface area (Å²) >= 11 is 0. The first-order valence-electron chi connectivity index (χ1n) is 6.11. The zero-order valence-corrected chi connectivity index (χ0v) is 10.1. The van der Waals surface area contributed by atoms with E-state index >= 15 is 0 Å². The van der Waals surface area contributed by atoms with Gasteiger partial charge in [-0.05, 0) is 25.8 Å². The van der Waals surface area contributed by atoms with Crippen LogP contribution in [-0.4, -0.2) is 22.2 Å². The number of imidazole rings is 1. The highest BCUT2D eigenvalue weighted by Gasteiger charge is 2.24. The van der Waals surface area contributed by atoms with E-state index in [9.17, 15) is 4.79 Å². The Morgan fingerprint density at radius 3 is 2.62 bits per heavy atom. The Kier molecular flexibility index (Phi) is 3.49. The van der Waals surface area contributed by atoms with Crippen LogP contribution in [-0.2, 0) is 13.6 Å². The molecule has 4 nitrogen and oxygen atoms in total.